The lowest BCUT2D eigenvalue weighted by molar-refractivity contribution is 0.557. The first-order valence-electron chi connectivity index (χ1n) is 5.30. The van der Waals surface area contributed by atoms with Gasteiger partial charge in [-0.3, -0.25) is 20.5 Å². The molecule has 0 atom stereocenters. The average Bonchev–Trinajstić information content (AvgIpc) is 2.93. The van der Waals surface area contributed by atoms with E-state index in [0.717, 1.165) is 29.7 Å². The highest BCUT2D eigenvalue weighted by atomic mass is 15.5. The molecule has 0 saturated carbocycles. The summed E-state index contributed by atoms with van der Waals surface area (Å²) < 4.78 is 0. The maximum absolute atomic E-state index is 4.16. The molecular weight excluding hydrogens is 202 g/mol. The van der Waals surface area contributed by atoms with Crippen molar-refractivity contribution in [1.82, 2.24) is 15.2 Å². The van der Waals surface area contributed by atoms with Gasteiger partial charge in [0.25, 0.3) is 0 Å². The molecule has 3 rings (SSSR count). The maximum atomic E-state index is 4.16. The normalized spacial score (nSPS) is 14.9. The molecule has 0 spiro atoms. The molecular formula is C11H13N5. The summed E-state index contributed by atoms with van der Waals surface area (Å²) in [5.41, 5.74) is 6.68. The summed E-state index contributed by atoms with van der Waals surface area (Å²) in [5.74, 6) is 0. The third-order valence-electron chi connectivity index (χ3n) is 2.83. The van der Waals surface area contributed by atoms with Crippen LogP contribution in [0.5, 0.6) is 0 Å². The van der Waals surface area contributed by atoms with E-state index in [1.807, 2.05) is 17.5 Å². The summed E-state index contributed by atoms with van der Waals surface area (Å²) in [7, 11) is 0. The van der Waals surface area contributed by atoms with Crippen LogP contribution in [0.15, 0.2) is 23.3 Å². The maximum Gasteiger partial charge on any atom is 0.104 e. The monoisotopic (exact) mass is 215 g/mol. The van der Waals surface area contributed by atoms with Crippen LogP contribution in [0.25, 0.3) is 10.9 Å². The number of H-pyrrole nitrogens is 1. The first-order chi connectivity index (χ1) is 7.84. The Bertz CT molecular complexity index is 542. The summed E-state index contributed by atoms with van der Waals surface area (Å²) >= 11 is 0. The SMILES string of the molecule is Cc1c(NN2C=NCC2)ccc2cn[nH]c12. The van der Waals surface area contributed by atoms with Crippen LogP contribution in [0.3, 0.4) is 0 Å². The molecule has 82 valence electrons. The number of nitrogens with one attached hydrogen (secondary N) is 2. The van der Waals surface area contributed by atoms with Crippen LogP contribution in [0, 0.1) is 6.92 Å². The average molecular weight is 215 g/mol. The van der Waals surface area contributed by atoms with E-state index in [-0.39, 0.29) is 0 Å². The van der Waals surface area contributed by atoms with Crippen LogP contribution < -0.4 is 5.43 Å². The number of benzene rings is 1. The van der Waals surface area contributed by atoms with E-state index < -0.39 is 0 Å². The first-order valence-corrected chi connectivity index (χ1v) is 5.30. The number of hydrazine groups is 1. The van der Waals surface area contributed by atoms with Gasteiger partial charge in [0.15, 0.2) is 0 Å². The van der Waals surface area contributed by atoms with Crippen molar-refractivity contribution < 1.29 is 0 Å². The predicted octanol–water partition coefficient (Wildman–Crippen LogP) is 1.54. The van der Waals surface area contributed by atoms with Gasteiger partial charge in [-0.05, 0) is 24.6 Å². The van der Waals surface area contributed by atoms with Crippen LogP contribution in [0.2, 0.25) is 0 Å². The van der Waals surface area contributed by atoms with Crippen molar-refractivity contribution in [2.24, 2.45) is 4.99 Å². The molecule has 1 aromatic heterocycles. The summed E-state index contributed by atoms with van der Waals surface area (Å²) in [5, 5.41) is 10.2. The predicted molar refractivity (Wildman–Crippen MR) is 64.5 cm³/mol. The van der Waals surface area contributed by atoms with E-state index in [4.69, 9.17) is 0 Å². The molecule has 1 aliphatic heterocycles. The van der Waals surface area contributed by atoms with Crippen molar-refractivity contribution in [3.05, 3.63) is 23.9 Å². The van der Waals surface area contributed by atoms with Gasteiger partial charge in [0.1, 0.15) is 6.34 Å². The minimum absolute atomic E-state index is 0.859. The fraction of sp³-hybridized carbons (Fsp3) is 0.273. The van der Waals surface area contributed by atoms with Crippen LogP contribution in [-0.2, 0) is 0 Å². The lowest BCUT2D eigenvalue weighted by Crippen LogP contribution is -2.26. The van der Waals surface area contributed by atoms with Gasteiger partial charge in [0, 0.05) is 5.39 Å². The van der Waals surface area contributed by atoms with E-state index in [2.05, 4.69) is 39.7 Å². The molecule has 2 N–H and O–H groups in total. The van der Waals surface area contributed by atoms with Gasteiger partial charge in [-0.25, -0.2) is 0 Å². The number of aliphatic imine (C=N–C) groups is 1. The summed E-state index contributed by atoms with van der Waals surface area (Å²) in [6.07, 6.45) is 3.67. The zero-order valence-corrected chi connectivity index (χ0v) is 9.07. The van der Waals surface area contributed by atoms with E-state index in [9.17, 15) is 0 Å². The number of hydrogen-bond donors (Lipinski definition) is 2. The molecule has 16 heavy (non-hydrogen) atoms. The Morgan fingerprint density at radius 3 is 3.19 bits per heavy atom. The molecule has 0 amide bonds. The molecule has 5 heteroatoms. The number of aromatic nitrogens is 2. The van der Waals surface area contributed by atoms with E-state index in [0.29, 0.717) is 0 Å². The number of aryl methyl sites for hydroxylation is 1. The third kappa shape index (κ3) is 1.41. The smallest absolute Gasteiger partial charge is 0.104 e. The standard InChI is InChI=1S/C11H13N5/c1-8-10(15-16-5-4-12-7-16)3-2-9-6-13-14-11(8)9/h2-3,6-7,15H,4-5H2,1H3,(H,13,14). The number of nitrogens with zero attached hydrogens (tertiary/aromatic N) is 3. The molecule has 0 unspecified atom stereocenters. The van der Waals surface area contributed by atoms with Gasteiger partial charge in [0.2, 0.25) is 0 Å². The molecule has 5 nitrogen and oxygen atoms in total. The Labute approximate surface area is 93.1 Å². The van der Waals surface area contributed by atoms with Crippen molar-refractivity contribution in [3.8, 4) is 0 Å². The van der Waals surface area contributed by atoms with Gasteiger partial charge in [-0.2, -0.15) is 5.10 Å². The van der Waals surface area contributed by atoms with E-state index >= 15 is 0 Å². The van der Waals surface area contributed by atoms with Gasteiger partial charge in [-0.15, -0.1) is 0 Å². The summed E-state index contributed by atoms with van der Waals surface area (Å²) in [6, 6.07) is 4.13. The Hall–Kier alpha value is -2.04. The Kier molecular flexibility index (Phi) is 2.02. The minimum atomic E-state index is 0.859. The Morgan fingerprint density at radius 1 is 1.44 bits per heavy atom. The number of anilines is 1. The molecule has 1 aromatic carbocycles. The number of aromatic amines is 1. The van der Waals surface area contributed by atoms with Gasteiger partial charge < -0.3 is 0 Å². The van der Waals surface area contributed by atoms with Crippen LogP contribution in [-0.4, -0.2) is 34.6 Å². The van der Waals surface area contributed by atoms with Crippen LogP contribution >= 0.6 is 0 Å². The Morgan fingerprint density at radius 2 is 2.38 bits per heavy atom. The number of hydrogen-bond acceptors (Lipinski definition) is 4. The second-order valence-corrected chi connectivity index (χ2v) is 3.90. The quantitative estimate of drug-likeness (QED) is 0.799. The summed E-state index contributed by atoms with van der Waals surface area (Å²) in [4.78, 5) is 4.16. The topological polar surface area (TPSA) is 56.3 Å². The second kappa shape index (κ2) is 3.52. The molecule has 0 radical (unpaired) electrons. The number of rotatable bonds is 2. The van der Waals surface area contributed by atoms with Crippen molar-refractivity contribution in [2.75, 3.05) is 18.5 Å². The molecule has 0 aliphatic carbocycles. The van der Waals surface area contributed by atoms with Crippen LogP contribution in [0.4, 0.5) is 5.69 Å². The van der Waals surface area contributed by atoms with Crippen molar-refractivity contribution in [2.45, 2.75) is 6.92 Å². The third-order valence-corrected chi connectivity index (χ3v) is 2.83. The molecule has 0 saturated heterocycles. The highest BCUT2D eigenvalue weighted by molar-refractivity contribution is 5.86. The molecule has 1 aliphatic rings. The van der Waals surface area contributed by atoms with Gasteiger partial charge >= 0.3 is 0 Å². The fourth-order valence-electron chi connectivity index (χ4n) is 1.90. The summed E-state index contributed by atoms with van der Waals surface area (Å²) in [6.45, 7) is 3.86. The lowest BCUT2D eigenvalue weighted by Gasteiger charge is -2.18. The van der Waals surface area contributed by atoms with E-state index in [1.54, 1.807) is 0 Å². The van der Waals surface area contributed by atoms with Crippen LogP contribution in [0.1, 0.15) is 5.56 Å². The fourth-order valence-corrected chi connectivity index (χ4v) is 1.90. The van der Waals surface area contributed by atoms with Gasteiger partial charge in [-0.1, -0.05) is 0 Å². The zero-order valence-electron chi connectivity index (χ0n) is 9.07. The molecule has 0 bridgehead atoms. The molecule has 0 fully saturated rings. The van der Waals surface area contributed by atoms with Crippen molar-refractivity contribution in [3.63, 3.8) is 0 Å². The molecule has 2 aromatic rings. The largest absolute Gasteiger partial charge is 0.297 e. The van der Waals surface area contributed by atoms with E-state index in [1.165, 1.54) is 5.56 Å². The van der Waals surface area contributed by atoms with Gasteiger partial charge in [0.05, 0.1) is 30.5 Å². The lowest BCUT2D eigenvalue weighted by atomic mass is 10.1. The Balaban J connectivity index is 1.96. The highest BCUT2D eigenvalue weighted by Gasteiger charge is 2.09. The molecule has 2 heterocycles. The first kappa shape index (κ1) is 9.21. The van der Waals surface area contributed by atoms with Crippen molar-refractivity contribution >= 4 is 22.9 Å². The second-order valence-electron chi connectivity index (χ2n) is 3.90. The van der Waals surface area contributed by atoms with Crippen molar-refractivity contribution in [1.29, 1.82) is 0 Å². The highest BCUT2D eigenvalue weighted by Crippen LogP contribution is 2.23. The zero-order chi connectivity index (χ0) is 11.0. The minimum Gasteiger partial charge on any atom is -0.297 e. The number of fused-ring (bicyclic) bond motifs is 1.